The highest BCUT2D eigenvalue weighted by molar-refractivity contribution is 5.74. The van der Waals surface area contributed by atoms with Crippen molar-refractivity contribution in [2.24, 2.45) is 0 Å². The highest BCUT2D eigenvalue weighted by Gasteiger charge is 2.33. The van der Waals surface area contributed by atoms with Crippen LogP contribution in [0.3, 0.4) is 0 Å². The maximum Gasteiger partial charge on any atom is 0.218 e. The van der Waals surface area contributed by atoms with Crippen molar-refractivity contribution in [3.05, 3.63) is 0 Å². The Labute approximate surface area is 66.1 Å². The number of carbonyl (C=O) groups is 1. The summed E-state index contributed by atoms with van der Waals surface area (Å²) in [6.45, 7) is 2.52. The number of nitrogens with one attached hydrogen (secondary N) is 1. The van der Waals surface area contributed by atoms with Crippen LogP contribution in [0.25, 0.3) is 0 Å². The molecule has 0 aromatic carbocycles. The van der Waals surface area contributed by atoms with Gasteiger partial charge >= 0.3 is 0 Å². The fourth-order valence-corrected chi connectivity index (χ4v) is 1.15. The van der Waals surface area contributed by atoms with Crippen LogP contribution in [0, 0.1) is 12.3 Å². The maximum atomic E-state index is 10.7. The second-order valence-electron chi connectivity index (χ2n) is 2.71. The Kier molecular flexibility index (Phi) is 2.16. The molecule has 1 saturated heterocycles. The Hall–Kier alpha value is -1.01. The number of rotatable bonds is 1. The summed E-state index contributed by atoms with van der Waals surface area (Å²) in [6, 6.07) is 0. The lowest BCUT2D eigenvalue weighted by Gasteiger charge is -2.20. The smallest absolute Gasteiger partial charge is 0.218 e. The number of terminal acetylenes is 1. The van der Waals surface area contributed by atoms with E-state index in [0.29, 0.717) is 19.6 Å². The van der Waals surface area contributed by atoms with Crippen LogP contribution in [0.5, 0.6) is 0 Å². The molecule has 0 saturated carbocycles. The zero-order valence-corrected chi connectivity index (χ0v) is 6.52. The Morgan fingerprint density at radius 3 is 2.91 bits per heavy atom. The average Bonchev–Trinajstić information content (AvgIpc) is 2.36. The third-order valence-electron chi connectivity index (χ3n) is 1.71. The predicted molar refractivity (Wildman–Crippen MR) is 40.8 cm³/mol. The monoisotopic (exact) mass is 153 g/mol. The van der Waals surface area contributed by atoms with Crippen LogP contribution in [0.1, 0.15) is 13.3 Å². The van der Waals surface area contributed by atoms with Gasteiger partial charge in [0, 0.05) is 13.3 Å². The van der Waals surface area contributed by atoms with Crippen LogP contribution < -0.4 is 5.32 Å². The molecule has 0 aromatic rings. The van der Waals surface area contributed by atoms with Gasteiger partial charge in [-0.2, -0.15) is 0 Å². The summed E-state index contributed by atoms with van der Waals surface area (Å²) in [5, 5.41) is 2.70. The Morgan fingerprint density at radius 1 is 1.82 bits per heavy atom. The zero-order valence-electron chi connectivity index (χ0n) is 6.52. The summed E-state index contributed by atoms with van der Waals surface area (Å²) < 4.78 is 5.10. The molecule has 0 aromatic heterocycles. The van der Waals surface area contributed by atoms with E-state index in [-0.39, 0.29) is 5.91 Å². The number of ether oxygens (including phenoxy) is 1. The molecule has 1 rings (SSSR count). The molecule has 1 aliphatic rings. The molecular formula is C8H11NO2. The molecule has 1 atom stereocenters. The second-order valence-corrected chi connectivity index (χ2v) is 2.71. The van der Waals surface area contributed by atoms with E-state index in [0.717, 1.165) is 0 Å². The van der Waals surface area contributed by atoms with Crippen molar-refractivity contribution in [2.45, 2.75) is 18.9 Å². The molecule has 1 unspecified atom stereocenters. The molecule has 0 radical (unpaired) electrons. The number of carbonyl (C=O) groups excluding carboxylic acids is 1. The highest BCUT2D eigenvalue weighted by Crippen LogP contribution is 2.16. The Morgan fingerprint density at radius 2 is 2.55 bits per heavy atom. The predicted octanol–water partition coefficient (Wildman–Crippen LogP) is -0.0852. The van der Waals surface area contributed by atoms with Crippen molar-refractivity contribution in [2.75, 3.05) is 13.2 Å². The van der Waals surface area contributed by atoms with Gasteiger partial charge in [0.2, 0.25) is 5.91 Å². The fraction of sp³-hybridized carbons (Fsp3) is 0.625. The molecule has 1 N–H and O–H groups in total. The summed E-state index contributed by atoms with van der Waals surface area (Å²) in [5.41, 5.74) is -0.536. The minimum Gasteiger partial charge on any atom is -0.378 e. The molecule has 3 nitrogen and oxygen atoms in total. The molecular weight excluding hydrogens is 142 g/mol. The topological polar surface area (TPSA) is 38.3 Å². The van der Waals surface area contributed by atoms with Crippen molar-refractivity contribution in [1.29, 1.82) is 0 Å². The van der Waals surface area contributed by atoms with Crippen LogP contribution in [-0.4, -0.2) is 24.7 Å². The number of hydrogen-bond donors (Lipinski definition) is 1. The van der Waals surface area contributed by atoms with Crippen molar-refractivity contribution >= 4 is 5.91 Å². The number of amides is 1. The van der Waals surface area contributed by atoms with Crippen LogP contribution >= 0.6 is 0 Å². The molecule has 1 fully saturated rings. The van der Waals surface area contributed by atoms with E-state index in [2.05, 4.69) is 11.2 Å². The van der Waals surface area contributed by atoms with Gasteiger partial charge in [0.05, 0.1) is 13.2 Å². The third-order valence-corrected chi connectivity index (χ3v) is 1.71. The quantitative estimate of drug-likeness (QED) is 0.535. The van der Waals surface area contributed by atoms with Crippen LogP contribution in [0.4, 0.5) is 0 Å². The lowest BCUT2D eigenvalue weighted by molar-refractivity contribution is -0.120. The average molecular weight is 153 g/mol. The Balaban J connectivity index is 2.61. The van der Waals surface area contributed by atoms with Crippen molar-refractivity contribution in [1.82, 2.24) is 5.32 Å². The minimum absolute atomic E-state index is 0.103. The summed E-state index contributed by atoms with van der Waals surface area (Å²) in [6.07, 6.45) is 5.98. The molecule has 0 bridgehead atoms. The summed E-state index contributed by atoms with van der Waals surface area (Å²) in [5.74, 6) is 2.45. The minimum atomic E-state index is -0.536. The first-order valence-corrected chi connectivity index (χ1v) is 3.53. The van der Waals surface area contributed by atoms with Gasteiger partial charge in [0.1, 0.15) is 5.54 Å². The highest BCUT2D eigenvalue weighted by atomic mass is 16.5. The van der Waals surface area contributed by atoms with Crippen LogP contribution in [0.2, 0.25) is 0 Å². The molecule has 3 heteroatoms. The summed E-state index contributed by atoms with van der Waals surface area (Å²) in [7, 11) is 0. The summed E-state index contributed by atoms with van der Waals surface area (Å²) in [4.78, 5) is 10.7. The molecule has 0 aliphatic carbocycles. The zero-order chi connectivity index (χ0) is 8.32. The van der Waals surface area contributed by atoms with Gasteiger partial charge < -0.3 is 10.1 Å². The maximum absolute atomic E-state index is 10.7. The largest absolute Gasteiger partial charge is 0.378 e. The van der Waals surface area contributed by atoms with E-state index in [1.807, 2.05) is 0 Å². The van der Waals surface area contributed by atoms with Gasteiger partial charge in [-0.3, -0.25) is 4.79 Å². The Bertz CT molecular complexity index is 199. The van der Waals surface area contributed by atoms with Gasteiger partial charge in [-0.25, -0.2) is 0 Å². The summed E-state index contributed by atoms with van der Waals surface area (Å²) >= 11 is 0. The van der Waals surface area contributed by atoms with Gasteiger partial charge in [-0.1, -0.05) is 5.92 Å². The van der Waals surface area contributed by atoms with E-state index in [9.17, 15) is 4.79 Å². The van der Waals surface area contributed by atoms with Gasteiger partial charge in [0.15, 0.2) is 0 Å². The van der Waals surface area contributed by atoms with Gasteiger partial charge in [0.25, 0.3) is 0 Å². The first kappa shape index (κ1) is 8.09. The standard InChI is InChI=1S/C8H11NO2/c1-3-8(9-7(2)10)4-5-11-6-8/h1H,4-6H2,2H3,(H,9,10). The van der Waals surface area contributed by atoms with E-state index < -0.39 is 5.54 Å². The molecule has 1 amide bonds. The van der Waals surface area contributed by atoms with Gasteiger partial charge in [-0.15, -0.1) is 6.42 Å². The second kappa shape index (κ2) is 2.93. The SMILES string of the molecule is C#CC1(NC(C)=O)CCOC1. The third kappa shape index (κ3) is 1.72. The fourth-order valence-electron chi connectivity index (χ4n) is 1.15. The van der Waals surface area contributed by atoms with Crippen molar-refractivity contribution in [3.63, 3.8) is 0 Å². The lowest BCUT2D eigenvalue weighted by atomic mass is 10.0. The lowest BCUT2D eigenvalue weighted by Crippen LogP contribution is -2.46. The number of hydrogen-bond acceptors (Lipinski definition) is 2. The normalized spacial score (nSPS) is 29.5. The molecule has 0 spiro atoms. The molecule has 11 heavy (non-hydrogen) atoms. The van der Waals surface area contributed by atoms with E-state index in [1.165, 1.54) is 6.92 Å². The molecule has 1 aliphatic heterocycles. The molecule has 60 valence electrons. The van der Waals surface area contributed by atoms with Crippen LogP contribution in [0.15, 0.2) is 0 Å². The van der Waals surface area contributed by atoms with Crippen molar-refractivity contribution < 1.29 is 9.53 Å². The van der Waals surface area contributed by atoms with Crippen LogP contribution in [-0.2, 0) is 9.53 Å². The van der Waals surface area contributed by atoms with E-state index in [4.69, 9.17) is 11.2 Å². The molecule has 1 heterocycles. The van der Waals surface area contributed by atoms with Crippen molar-refractivity contribution in [3.8, 4) is 12.3 Å². The first-order valence-electron chi connectivity index (χ1n) is 3.53. The van der Waals surface area contributed by atoms with Gasteiger partial charge in [-0.05, 0) is 0 Å². The van der Waals surface area contributed by atoms with E-state index >= 15 is 0 Å². The first-order chi connectivity index (χ1) is 5.18. The van der Waals surface area contributed by atoms with E-state index in [1.54, 1.807) is 0 Å².